The minimum absolute atomic E-state index is 0.146. The standard InChI is InChI=1S/C12H20BrN3O2/c1-3-5-9(17)7-14-10-8-15-16(6-4-2)12(18)11(10)13/h8-9,14,17H,3-7H2,1-2H3. The fourth-order valence-corrected chi connectivity index (χ4v) is 2.07. The van der Waals surface area contributed by atoms with E-state index in [0.717, 1.165) is 19.3 Å². The number of aliphatic hydroxyl groups excluding tert-OH is 1. The van der Waals surface area contributed by atoms with Gasteiger partial charge in [-0.3, -0.25) is 4.79 Å². The molecule has 0 aliphatic heterocycles. The molecule has 0 aliphatic carbocycles. The molecule has 0 saturated heterocycles. The molecule has 0 amide bonds. The van der Waals surface area contributed by atoms with Gasteiger partial charge in [-0.05, 0) is 28.8 Å². The summed E-state index contributed by atoms with van der Waals surface area (Å²) >= 11 is 3.27. The van der Waals surface area contributed by atoms with E-state index in [-0.39, 0.29) is 5.56 Å². The number of aliphatic hydroxyl groups is 1. The Morgan fingerprint density at radius 1 is 1.50 bits per heavy atom. The monoisotopic (exact) mass is 317 g/mol. The van der Waals surface area contributed by atoms with Gasteiger partial charge in [-0.15, -0.1) is 0 Å². The SMILES string of the molecule is CCCC(O)CNc1cnn(CCC)c(=O)c1Br. The summed E-state index contributed by atoms with van der Waals surface area (Å²) in [6.07, 6.45) is 3.74. The van der Waals surface area contributed by atoms with E-state index in [1.54, 1.807) is 6.20 Å². The molecule has 0 bridgehead atoms. The van der Waals surface area contributed by atoms with Gasteiger partial charge in [-0.2, -0.15) is 5.10 Å². The van der Waals surface area contributed by atoms with Crippen LogP contribution < -0.4 is 10.9 Å². The molecule has 1 atom stereocenters. The van der Waals surface area contributed by atoms with Gasteiger partial charge < -0.3 is 10.4 Å². The smallest absolute Gasteiger partial charge is 0.283 e. The predicted octanol–water partition coefficient (Wildman–Crippen LogP) is 1.99. The van der Waals surface area contributed by atoms with Crippen molar-refractivity contribution in [2.24, 2.45) is 0 Å². The fourth-order valence-electron chi connectivity index (χ4n) is 1.62. The van der Waals surface area contributed by atoms with Gasteiger partial charge in [0.2, 0.25) is 0 Å². The van der Waals surface area contributed by atoms with Crippen LogP contribution in [-0.4, -0.2) is 27.5 Å². The average molecular weight is 318 g/mol. The van der Waals surface area contributed by atoms with Gasteiger partial charge in [0, 0.05) is 13.1 Å². The summed E-state index contributed by atoms with van der Waals surface area (Å²) in [6, 6.07) is 0. The van der Waals surface area contributed by atoms with Gasteiger partial charge in [-0.25, -0.2) is 4.68 Å². The molecular formula is C12H20BrN3O2. The number of rotatable bonds is 7. The second-order valence-corrected chi connectivity index (χ2v) is 5.02. The van der Waals surface area contributed by atoms with Crippen molar-refractivity contribution in [3.05, 3.63) is 21.0 Å². The average Bonchev–Trinajstić information content (AvgIpc) is 2.35. The first-order valence-electron chi connectivity index (χ1n) is 6.27. The summed E-state index contributed by atoms with van der Waals surface area (Å²) in [5, 5.41) is 16.7. The van der Waals surface area contributed by atoms with Crippen LogP contribution in [0.25, 0.3) is 0 Å². The molecule has 0 radical (unpaired) electrons. The quantitative estimate of drug-likeness (QED) is 0.807. The molecule has 102 valence electrons. The lowest BCUT2D eigenvalue weighted by atomic mass is 10.2. The van der Waals surface area contributed by atoms with E-state index >= 15 is 0 Å². The third kappa shape index (κ3) is 4.10. The van der Waals surface area contributed by atoms with E-state index in [9.17, 15) is 9.90 Å². The topological polar surface area (TPSA) is 67.2 Å². The van der Waals surface area contributed by atoms with Gasteiger partial charge in [-0.1, -0.05) is 20.3 Å². The Morgan fingerprint density at radius 2 is 2.22 bits per heavy atom. The zero-order valence-corrected chi connectivity index (χ0v) is 12.4. The molecule has 2 N–H and O–H groups in total. The third-order valence-corrected chi connectivity index (χ3v) is 3.34. The van der Waals surface area contributed by atoms with Crippen molar-refractivity contribution in [2.75, 3.05) is 11.9 Å². The molecule has 0 fully saturated rings. The molecule has 0 aliphatic rings. The van der Waals surface area contributed by atoms with E-state index in [2.05, 4.69) is 26.3 Å². The Morgan fingerprint density at radius 3 is 2.83 bits per heavy atom. The van der Waals surface area contributed by atoms with Crippen LogP contribution in [0.2, 0.25) is 0 Å². The van der Waals surface area contributed by atoms with Gasteiger partial charge in [0.05, 0.1) is 18.0 Å². The maximum Gasteiger partial charge on any atom is 0.283 e. The number of anilines is 1. The lowest BCUT2D eigenvalue weighted by Crippen LogP contribution is -2.26. The predicted molar refractivity (Wildman–Crippen MR) is 75.9 cm³/mol. The summed E-state index contributed by atoms with van der Waals surface area (Å²) in [5.74, 6) is 0. The first-order valence-corrected chi connectivity index (χ1v) is 7.07. The summed E-state index contributed by atoms with van der Waals surface area (Å²) in [6.45, 7) is 5.05. The molecule has 0 saturated carbocycles. The second-order valence-electron chi connectivity index (χ2n) is 4.22. The van der Waals surface area contributed by atoms with E-state index in [0.29, 0.717) is 23.2 Å². The van der Waals surface area contributed by atoms with Crippen LogP contribution in [0.4, 0.5) is 5.69 Å². The molecule has 6 heteroatoms. The van der Waals surface area contributed by atoms with Crippen molar-refractivity contribution >= 4 is 21.6 Å². The van der Waals surface area contributed by atoms with Crippen LogP contribution >= 0.6 is 15.9 Å². The molecule has 1 aromatic rings. The maximum absolute atomic E-state index is 11.9. The van der Waals surface area contributed by atoms with Gasteiger partial charge in [0.1, 0.15) is 4.47 Å². The van der Waals surface area contributed by atoms with Crippen molar-refractivity contribution in [3.63, 3.8) is 0 Å². The van der Waals surface area contributed by atoms with E-state index in [4.69, 9.17) is 0 Å². The maximum atomic E-state index is 11.9. The van der Waals surface area contributed by atoms with Crippen LogP contribution in [0.3, 0.4) is 0 Å². The molecular weight excluding hydrogens is 298 g/mol. The van der Waals surface area contributed by atoms with Crippen molar-refractivity contribution < 1.29 is 5.11 Å². The highest BCUT2D eigenvalue weighted by Gasteiger charge is 2.09. The summed E-state index contributed by atoms with van der Waals surface area (Å²) in [4.78, 5) is 11.9. The molecule has 5 nitrogen and oxygen atoms in total. The first kappa shape index (κ1) is 15.2. The van der Waals surface area contributed by atoms with Gasteiger partial charge >= 0.3 is 0 Å². The van der Waals surface area contributed by atoms with Gasteiger partial charge in [0.15, 0.2) is 0 Å². The van der Waals surface area contributed by atoms with Crippen LogP contribution in [0, 0.1) is 0 Å². The minimum Gasteiger partial charge on any atom is -0.391 e. The number of aromatic nitrogens is 2. The zero-order valence-electron chi connectivity index (χ0n) is 10.8. The lowest BCUT2D eigenvalue weighted by molar-refractivity contribution is 0.176. The number of nitrogens with zero attached hydrogens (tertiary/aromatic N) is 2. The summed E-state index contributed by atoms with van der Waals surface area (Å²) < 4.78 is 1.90. The number of aryl methyl sites for hydroxylation is 1. The van der Waals surface area contributed by atoms with Crippen LogP contribution in [0.1, 0.15) is 33.1 Å². The van der Waals surface area contributed by atoms with Crippen molar-refractivity contribution in [1.29, 1.82) is 0 Å². The summed E-state index contributed by atoms with van der Waals surface area (Å²) in [5.41, 5.74) is 0.481. The van der Waals surface area contributed by atoms with E-state index in [1.807, 2.05) is 13.8 Å². The molecule has 1 unspecified atom stereocenters. The Balaban J connectivity index is 2.73. The van der Waals surface area contributed by atoms with Crippen LogP contribution in [0.15, 0.2) is 15.5 Å². The second kappa shape index (κ2) is 7.53. The van der Waals surface area contributed by atoms with Crippen LogP contribution in [-0.2, 0) is 6.54 Å². The number of halogens is 1. The van der Waals surface area contributed by atoms with Gasteiger partial charge in [0.25, 0.3) is 5.56 Å². The highest BCUT2D eigenvalue weighted by atomic mass is 79.9. The Labute approximate surface area is 115 Å². The molecule has 18 heavy (non-hydrogen) atoms. The van der Waals surface area contributed by atoms with Crippen molar-refractivity contribution in [3.8, 4) is 0 Å². The first-order chi connectivity index (χ1) is 8.60. The number of nitrogens with one attached hydrogen (secondary N) is 1. The molecule has 1 rings (SSSR count). The number of hydrogen-bond acceptors (Lipinski definition) is 4. The van der Waals surface area contributed by atoms with E-state index in [1.165, 1.54) is 4.68 Å². The Kier molecular flexibility index (Phi) is 6.35. The molecule has 0 aromatic carbocycles. The minimum atomic E-state index is -0.403. The number of hydrogen-bond donors (Lipinski definition) is 2. The van der Waals surface area contributed by atoms with Crippen molar-refractivity contribution in [1.82, 2.24) is 9.78 Å². The highest BCUT2D eigenvalue weighted by molar-refractivity contribution is 9.10. The zero-order chi connectivity index (χ0) is 13.5. The Hall–Kier alpha value is -0.880. The summed E-state index contributed by atoms with van der Waals surface area (Å²) in [7, 11) is 0. The van der Waals surface area contributed by atoms with Crippen molar-refractivity contribution in [2.45, 2.75) is 45.8 Å². The van der Waals surface area contributed by atoms with E-state index < -0.39 is 6.10 Å². The van der Waals surface area contributed by atoms with Crippen LogP contribution in [0.5, 0.6) is 0 Å². The lowest BCUT2D eigenvalue weighted by Gasteiger charge is -2.13. The molecule has 0 spiro atoms. The highest BCUT2D eigenvalue weighted by Crippen LogP contribution is 2.16. The molecule has 1 heterocycles. The Bertz CT molecular complexity index is 434. The molecule has 1 aromatic heterocycles. The third-order valence-electron chi connectivity index (χ3n) is 2.57. The largest absolute Gasteiger partial charge is 0.391 e. The fraction of sp³-hybridized carbons (Fsp3) is 0.667. The normalized spacial score (nSPS) is 12.4.